The van der Waals surface area contributed by atoms with Crippen LogP contribution in [-0.4, -0.2) is 39.6 Å². The van der Waals surface area contributed by atoms with Crippen molar-refractivity contribution in [3.05, 3.63) is 59.7 Å². The molecule has 5 nitrogen and oxygen atoms in total. The van der Waals surface area contributed by atoms with Crippen LogP contribution in [0.4, 0.5) is 5.69 Å². The summed E-state index contributed by atoms with van der Waals surface area (Å²) >= 11 is 0. The number of quaternary nitrogens is 1. The number of methoxy groups -OCH3 is 1. The van der Waals surface area contributed by atoms with E-state index in [0.717, 1.165) is 36.5 Å². The largest absolute Gasteiger partial charge is 0.497 e. The summed E-state index contributed by atoms with van der Waals surface area (Å²) in [5.41, 5.74) is 4.61. The predicted molar refractivity (Wildman–Crippen MR) is 100 cm³/mol. The average molecular weight is 340 g/mol. The molecule has 0 spiro atoms. The summed E-state index contributed by atoms with van der Waals surface area (Å²) < 4.78 is 5.26. The van der Waals surface area contributed by atoms with Crippen LogP contribution in [0.15, 0.2) is 53.7 Å². The third kappa shape index (κ3) is 4.51. The molecule has 0 unspecified atom stereocenters. The van der Waals surface area contributed by atoms with Crippen LogP contribution in [0.3, 0.4) is 0 Å². The lowest BCUT2D eigenvalue weighted by Crippen LogP contribution is -2.84. The molecule has 25 heavy (non-hydrogen) atoms. The third-order valence-electron chi connectivity index (χ3n) is 4.39. The molecule has 2 N–H and O–H groups in total. The minimum atomic E-state index is 0.133. The zero-order valence-electron chi connectivity index (χ0n) is 15.1. The number of oxime groups is 1. The molecular weight excluding hydrogens is 314 g/mol. The fourth-order valence-electron chi connectivity index (χ4n) is 2.91. The maximum Gasteiger partial charge on any atom is 0.181 e. The Balaban J connectivity index is 1.47. The van der Waals surface area contributed by atoms with E-state index in [0.29, 0.717) is 0 Å². The highest BCUT2D eigenvalue weighted by molar-refractivity contribution is 6.01. The number of benzene rings is 2. The number of hydrogen-bond donors (Lipinski definition) is 1. The molecule has 0 radical (unpaired) electrons. The Kier molecular flexibility index (Phi) is 5.56. The van der Waals surface area contributed by atoms with Gasteiger partial charge in [0, 0.05) is 31.8 Å². The van der Waals surface area contributed by atoms with E-state index in [1.54, 1.807) is 7.11 Å². The Hall–Kier alpha value is -2.53. The van der Waals surface area contributed by atoms with Gasteiger partial charge in [-0.3, -0.25) is 0 Å². The molecule has 0 saturated carbocycles. The average Bonchev–Trinajstić information content (AvgIpc) is 3.11. The molecular formula is C20H26N3O2+. The first kappa shape index (κ1) is 17.3. The van der Waals surface area contributed by atoms with E-state index in [9.17, 15) is 0 Å². The van der Waals surface area contributed by atoms with Crippen molar-refractivity contribution in [2.45, 2.75) is 19.1 Å². The maximum atomic E-state index is 5.60. The highest BCUT2D eigenvalue weighted by Crippen LogP contribution is 2.19. The molecule has 3 rings (SSSR count). The number of nitrogens with zero attached hydrogens (tertiary/aromatic N) is 2. The first-order chi connectivity index (χ1) is 12.2. The molecule has 0 bridgehead atoms. The molecule has 0 amide bonds. The Morgan fingerprint density at radius 2 is 2.00 bits per heavy atom. The molecule has 0 aromatic heterocycles. The lowest BCUT2D eigenvalue weighted by molar-refractivity contribution is -0.676. The van der Waals surface area contributed by atoms with Crippen LogP contribution in [0.1, 0.15) is 17.5 Å². The van der Waals surface area contributed by atoms with Crippen LogP contribution in [0.25, 0.3) is 0 Å². The second-order valence-corrected chi connectivity index (χ2v) is 6.49. The first-order valence-corrected chi connectivity index (χ1v) is 8.61. The zero-order chi connectivity index (χ0) is 17.6. The number of rotatable bonds is 7. The van der Waals surface area contributed by atoms with Gasteiger partial charge in [0.05, 0.1) is 12.8 Å². The molecule has 2 aromatic rings. The summed E-state index contributed by atoms with van der Waals surface area (Å²) in [6.07, 6.45) is 0.991. The van der Waals surface area contributed by atoms with Crippen LogP contribution in [-0.2, 0) is 11.4 Å². The van der Waals surface area contributed by atoms with Gasteiger partial charge in [0.25, 0.3) is 0 Å². The van der Waals surface area contributed by atoms with Crippen molar-refractivity contribution in [3.8, 4) is 5.75 Å². The zero-order valence-corrected chi connectivity index (χ0v) is 15.1. The smallest absolute Gasteiger partial charge is 0.181 e. The summed E-state index contributed by atoms with van der Waals surface area (Å²) in [4.78, 5) is 7.69. The van der Waals surface area contributed by atoms with Crippen molar-refractivity contribution >= 4 is 11.4 Å². The van der Waals surface area contributed by atoms with Gasteiger partial charge in [0.1, 0.15) is 18.8 Å². The minimum Gasteiger partial charge on any atom is -0.497 e. The molecule has 132 valence electrons. The van der Waals surface area contributed by atoms with E-state index in [1.165, 1.54) is 11.3 Å². The molecule has 1 aliphatic rings. The number of anilines is 1. The third-order valence-corrected chi connectivity index (χ3v) is 4.39. The second-order valence-electron chi connectivity index (χ2n) is 6.49. The highest BCUT2D eigenvalue weighted by atomic mass is 16.6. The van der Waals surface area contributed by atoms with Gasteiger partial charge < -0.3 is 19.8 Å². The van der Waals surface area contributed by atoms with Gasteiger partial charge in [-0.25, -0.2) is 0 Å². The van der Waals surface area contributed by atoms with Crippen molar-refractivity contribution in [1.29, 1.82) is 0 Å². The lowest BCUT2D eigenvalue weighted by Gasteiger charge is -2.12. The predicted octanol–water partition coefficient (Wildman–Crippen LogP) is 2.02. The summed E-state index contributed by atoms with van der Waals surface area (Å²) in [5, 5.41) is 6.53. The fraction of sp³-hybridized carbons (Fsp3) is 0.350. The van der Waals surface area contributed by atoms with Crippen molar-refractivity contribution in [2.24, 2.45) is 5.16 Å². The SMILES string of the molecule is COc1cccc(C[NH2+]C[C@@H]2CC(c3ccc(N(C)C)cc3)=NO2)c1. The van der Waals surface area contributed by atoms with Crippen LogP contribution in [0.2, 0.25) is 0 Å². The standard InChI is InChI=1S/C20H25N3O2/c1-23(2)17-9-7-16(8-10-17)20-12-19(25-22-20)14-21-13-15-5-4-6-18(11-15)24-3/h4-11,19,21H,12-14H2,1-3H3/p+1/t19-/m0/s1. The van der Waals surface area contributed by atoms with Gasteiger partial charge in [-0.1, -0.05) is 29.4 Å². The van der Waals surface area contributed by atoms with Crippen LogP contribution < -0.4 is 15.0 Å². The number of hydrogen-bond acceptors (Lipinski definition) is 4. The van der Waals surface area contributed by atoms with Gasteiger partial charge in [0.15, 0.2) is 6.10 Å². The van der Waals surface area contributed by atoms with Crippen molar-refractivity contribution in [3.63, 3.8) is 0 Å². The van der Waals surface area contributed by atoms with Crippen molar-refractivity contribution in [1.82, 2.24) is 0 Å². The Labute approximate surface area is 149 Å². The molecule has 1 atom stereocenters. The molecule has 1 aliphatic heterocycles. The Bertz CT molecular complexity index is 726. The van der Waals surface area contributed by atoms with E-state index in [4.69, 9.17) is 9.57 Å². The monoisotopic (exact) mass is 340 g/mol. The van der Waals surface area contributed by atoms with Crippen molar-refractivity contribution in [2.75, 3.05) is 32.6 Å². The molecule has 0 aliphatic carbocycles. The van der Waals surface area contributed by atoms with E-state index in [1.807, 2.05) is 26.2 Å². The van der Waals surface area contributed by atoms with Gasteiger partial charge in [-0.15, -0.1) is 0 Å². The van der Waals surface area contributed by atoms with E-state index < -0.39 is 0 Å². The Morgan fingerprint density at radius 1 is 1.20 bits per heavy atom. The Morgan fingerprint density at radius 3 is 2.72 bits per heavy atom. The summed E-state index contributed by atoms with van der Waals surface area (Å²) in [6.45, 7) is 1.80. The fourth-order valence-corrected chi connectivity index (χ4v) is 2.91. The second kappa shape index (κ2) is 8.03. The van der Waals surface area contributed by atoms with Crippen LogP contribution >= 0.6 is 0 Å². The number of ether oxygens (including phenoxy) is 1. The molecule has 0 fully saturated rings. The van der Waals surface area contributed by atoms with Crippen LogP contribution in [0.5, 0.6) is 5.75 Å². The van der Waals surface area contributed by atoms with E-state index >= 15 is 0 Å². The molecule has 0 saturated heterocycles. The molecule has 1 heterocycles. The van der Waals surface area contributed by atoms with E-state index in [-0.39, 0.29) is 6.10 Å². The quantitative estimate of drug-likeness (QED) is 0.839. The van der Waals surface area contributed by atoms with Gasteiger partial charge in [0.2, 0.25) is 0 Å². The van der Waals surface area contributed by atoms with Crippen molar-refractivity contribution < 1.29 is 14.9 Å². The summed E-state index contributed by atoms with van der Waals surface area (Å²) in [6, 6.07) is 16.6. The normalized spacial score (nSPS) is 16.3. The van der Waals surface area contributed by atoms with Gasteiger partial charge in [-0.05, 0) is 29.8 Å². The molecule has 5 heteroatoms. The topological polar surface area (TPSA) is 50.7 Å². The van der Waals surface area contributed by atoms with Gasteiger partial charge in [-0.2, -0.15) is 0 Å². The molecule has 2 aromatic carbocycles. The maximum absolute atomic E-state index is 5.60. The number of nitrogens with two attached hydrogens (primary N) is 1. The lowest BCUT2D eigenvalue weighted by atomic mass is 10.0. The van der Waals surface area contributed by atoms with Crippen LogP contribution in [0, 0.1) is 0 Å². The van der Waals surface area contributed by atoms with E-state index in [2.05, 4.69) is 51.8 Å². The summed E-state index contributed by atoms with van der Waals surface area (Å²) in [5.74, 6) is 0.898. The summed E-state index contributed by atoms with van der Waals surface area (Å²) in [7, 11) is 5.78. The minimum absolute atomic E-state index is 0.133. The highest BCUT2D eigenvalue weighted by Gasteiger charge is 2.23. The van der Waals surface area contributed by atoms with Gasteiger partial charge >= 0.3 is 0 Å². The first-order valence-electron chi connectivity index (χ1n) is 8.61.